The van der Waals surface area contributed by atoms with E-state index in [9.17, 15) is 8.42 Å². The molecule has 3 nitrogen and oxygen atoms in total. The molecule has 1 atom stereocenters. The topological polar surface area (TPSA) is 46.2 Å². The molecule has 1 heterocycles. The zero-order valence-electron chi connectivity index (χ0n) is 9.63. The predicted molar refractivity (Wildman–Crippen MR) is 75.6 cm³/mol. The number of benzene rings is 1. The van der Waals surface area contributed by atoms with Crippen molar-refractivity contribution >= 4 is 33.0 Å². The summed E-state index contributed by atoms with van der Waals surface area (Å²) >= 11 is 7.37. The van der Waals surface area contributed by atoms with Crippen molar-refractivity contribution in [2.75, 3.05) is 6.26 Å². The fraction of sp³-hybridized carbons (Fsp3) is 0.167. The van der Waals surface area contributed by atoms with E-state index in [1.54, 1.807) is 12.1 Å². The number of halogens is 1. The molecule has 0 aliphatic carbocycles. The van der Waals surface area contributed by atoms with Crippen LogP contribution in [0.3, 0.4) is 0 Å². The quantitative estimate of drug-likeness (QED) is 0.943. The molecule has 18 heavy (non-hydrogen) atoms. The van der Waals surface area contributed by atoms with Gasteiger partial charge in [-0.15, -0.1) is 0 Å². The van der Waals surface area contributed by atoms with E-state index in [0.29, 0.717) is 5.02 Å². The molecule has 0 aliphatic rings. The molecule has 0 radical (unpaired) electrons. The van der Waals surface area contributed by atoms with E-state index in [0.717, 1.165) is 17.4 Å². The van der Waals surface area contributed by atoms with Crippen molar-refractivity contribution in [1.82, 2.24) is 4.72 Å². The Labute approximate surface area is 115 Å². The summed E-state index contributed by atoms with van der Waals surface area (Å²) in [5.41, 5.74) is 1.79. The molecule has 96 valence electrons. The summed E-state index contributed by atoms with van der Waals surface area (Å²) in [5, 5.41) is 4.47. The molecule has 0 bridgehead atoms. The van der Waals surface area contributed by atoms with Gasteiger partial charge in [0.25, 0.3) is 0 Å². The zero-order chi connectivity index (χ0) is 13.2. The van der Waals surface area contributed by atoms with E-state index in [1.807, 2.05) is 29.0 Å². The summed E-state index contributed by atoms with van der Waals surface area (Å²) in [6.45, 7) is 0. The molecule has 1 aromatic carbocycles. The van der Waals surface area contributed by atoms with E-state index in [-0.39, 0.29) is 6.04 Å². The highest BCUT2D eigenvalue weighted by atomic mass is 35.5. The molecule has 0 spiro atoms. The number of hydrogen-bond acceptors (Lipinski definition) is 3. The van der Waals surface area contributed by atoms with Crippen molar-refractivity contribution < 1.29 is 8.42 Å². The Kier molecular flexibility index (Phi) is 4.07. The van der Waals surface area contributed by atoms with Crippen LogP contribution in [0.5, 0.6) is 0 Å². The number of rotatable bonds is 4. The van der Waals surface area contributed by atoms with Crippen molar-refractivity contribution in [3.05, 3.63) is 57.2 Å². The van der Waals surface area contributed by atoms with E-state index in [2.05, 4.69) is 4.72 Å². The van der Waals surface area contributed by atoms with E-state index in [1.165, 1.54) is 11.3 Å². The Bertz CT molecular complexity index is 606. The lowest BCUT2D eigenvalue weighted by Crippen LogP contribution is -2.27. The third-order valence-electron chi connectivity index (χ3n) is 2.41. The van der Waals surface area contributed by atoms with Gasteiger partial charge in [0, 0.05) is 5.02 Å². The molecule has 1 aromatic heterocycles. The summed E-state index contributed by atoms with van der Waals surface area (Å²) in [7, 11) is -3.29. The smallest absolute Gasteiger partial charge is 0.209 e. The number of hydrogen-bond donors (Lipinski definition) is 1. The molecular weight excluding hydrogens is 290 g/mol. The van der Waals surface area contributed by atoms with Gasteiger partial charge < -0.3 is 0 Å². The Balaban J connectivity index is 2.39. The van der Waals surface area contributed by atoms with E-state index in [4.69, 9.17) is 11.6 Å². The largest absolute Gasteiger partial charge is 0.213 e. The first-order valence-corrected chi connectivity index (χ1v) is 8.42. The number of sulfonamides is 1. The molecule has 2 rings (SSSR count). The van der Waals surface area contributed by atoms with Crippen LogP contribution in [0.15, 0.2) is 41.1 Å². The molecule has 0 saturated heterocycles. The fourth-order valence-electron chi connectivity index (χ4n) is 1.64. The van der Waals surface area contributed by atoms with Gasteiger partial charge in [0.05, 0.1) is 12.3 Å². The third kappa shape index (κ3) is 3.55. The molecule has 2 aromatic rings. The zero-order valence-corrected chi connectivity index (χ0v) is 12.0. The normalized spacial score (nSPS) is 13.4. The predicted octanol–water partition coefficient (Wildman–Crippen LogP) is 3.04. The van der Waals surface area contributed by atoms with Gasteiger partial charge in [-0.1, -0.05) is 23.7 Å². The van der Waals surface area contributed by atoms with Crippen LogP contribution in [0.25, 0.3) is 0 Å². The fourth-order valence-corrected chi connectivity index (χ4v) is 3.15. The maximum absolute atomic E-state index is 11.4. The second kappa shape index (κ2) is 5.40. The Morgan fingerprint density at radius 3 is 2.33 bits per heavy atom. The lowest BCUT2D eigenvalue weighted by molar-refractivity contribution is 0.578. The summed E-state index contributed by atoms with van der Waals surface area (Å²) in [5.74, 6) is 0. The van der Waals surface area contributed by atoms with Crippen LogP contribution in [-0.2, 0) is 10.0 Å². The summed E-state index contributed by atoms with van der Waals surface area (Å²) < 4.78 is 25.5. The molecule has 1 unspecified atom stereocenters. The van der Waals surface area contributed by atoms with Crippen molar-refractivity contribution in [2.24, 2.45) is 0 Å². The summed E-state index contributed by atoms with van der Waals surface area (Å²) in [4.78, 5) is 0. The monoisotopic (exact) mass is 301 g/mol. The Morgan fingerprint density at radius 2 is 1.83 bits per heavy atom. The van der Waals surface area contributed by atoms with Gasteiger partial charge in [0.2, 0.25) is 10.0 Å². The maximum atomic E-state index is 11.4. The van der Waals surface area contributed by atoms with Gasteiger partial charge in [-0.3, -0.25) is 0 Å². The highest BCUT2D eigenvalue weighted by Gasteiger charge is 2.18. The minimum Gasteiger partial charge on any atom is -0.213 e. The average Bonchev–Trinajstić information content (AvgIpc) is 2.79. The second-order valence-corrected chi connectivity index (χ2v) is 6.93. The molecule has 6 heteroatoms. The van der Waals surface area contributed by atoms with Gasteiger partial charge >= 0.3 is 0 Å². The van der Waals surface area contributed by atoms with Crippen molar-refractivity contribution in [3.8, 4) is 0 Å². The van der Waals surface area contributed by atoms with Crippen LogP contribution in [-0.4, -0.2) is 14.7 Å². The molecule has 1 N–H and O–H groups in total. The number of thiophene rings is 1. The summed E-state index contributed by atoms with van der Waals surface area (Å²) in [6.07, 6.45) is 1.16. The highest BCUT2D eigenvalue weighted by Crippen LogP contribution is 2.25. The minimum absolute atomic E-state index is 0.372. The van der Waals surface area contributed by atoms with Gasteiger partial charge in [0.15, 0.2) is 0 Å². The lowest BCUT2D eigenvalue weighted by Gasteiger charge is -2.17. The van der Waals surface area contributed by atoms with E-state index >= 15 is 0 Å². The van der Waals surface area contributed by atoms with Crippen molar-refractivity contribution in [3.63, 3.8) is 0 Å². The first-order valence-electron chi connectivity index (χ1n) is 5.20. The van der Waals surface area contributed by atoms with Crippen LogP contribution < -0.4 is 4.72 Å². The highest BCUT2D eigenvalue weighted by molar-refractivity contribution is 7.88. The first-order chi connectivity index (χ1) is 8.46. The molecule has 0 saturated carbocycles. The van der Waals surface area contributed by atoms with Gasteiger partial charge in [0.1, 0.15) is 0 Å². The third-order valence-corrected chi connectivity index (χ3v) is 4.03. The molecule has 0 aliphatic heterocycles. The van der Waals surface area contributed by atoms with Gasteiger partial charge in [-0.05, 0) is 40.1 Å². The summed E-state index contributed by atoms with van der Waals surface area (Å²) in [6, 6.07) is 8.68. The minimum atomic E-state index is -3.29. The van der Waals surface area contributed by atoms with Crippen LogP contribution in [0.4, 0.5) is 0 Å². The Morgan fingerprint density at radius 1 is 1.17 bits per heavy atom. The first kappa shape index (κ1) is 13.5. The lowest BCUT2D eigenvalue weighted by atomic mass is 10.0. The SMILES string of the molecule is CS(=O)(=O)NC(c1ccc(Cl)cc1)c1ccsc1. The van der Waals surface area contributed by atoms with Crippen LogP contribution in [0.1, 0.15) is 17.2 Å². The van der Waals surface area contributed by atoms with Crippen molar-refractivity contribution in [1.29, 1.82) is 0 Å². The van der Waals surface area contributed by atoms with Gasteiger partial charge in [-0.2, -0.15) is 11.3 Å². The van der Waals surface area contributed by atoms with Crippen molar-refractivity contribution in [2.45, 2.75) is 6.04 Å². The standard InChI is InChI=1S/C12H12ClNO2S2/c1-18(15,16)14-12(10-6-7-17-8-10)9-2-4-11(13)5-3-9/h2-8,12,14H,1H3. The van der Waals surface area contributed by atoms with Crippen LogP contribution in [0.2, 0.25) is 5.02 Å². The van der Waals surface area contributed by atoms with E-state index < -0.39 is 10.0 Å². The second-order valence-electron chi connectivity index (χ2n) is 3.93. The number of nitrogens with one attached hydrogen (secondary N) is 1. The van der Waals surface area contributed by atoms with Gasteiger partial charge in [-0.25, -0.2) is 13.1 Å². The Hall–Kier alpha value is -0.880. The maximum Gasteiger partial charge on any atom is 0.209 e. The molecule has 0 fully saturated rings. The van der Waals surface area contributed by atoms with Crippen LogP contribution >= 0.6 is 22.9 Å². The molecule has 0 amide bonds. The average molecular weight is 302 g/mol. The van der Waals surface area contributed by atoms with Crippen LogP contribution in [0, 0.1) is 0 Å². The molecular formula is C12H12ClNO2S2.